The number of hydrogen-bond donors (Lipinski definition) is 1. The van der Waals surface area contributed by atoms with Gasteiger partial charge in [0, 0.05) is 24.3 Å². The number of anilines is 1. The number of nitrogens with zero attached hydrogens (tertiary/aromatic N) is 4. The summed E-state index contributed by atoms with van der Waals surface area (Å²) in [4.78, 5) is 6.53. The van der Waals surface area contributed by atoms with Gasteiger partial charge < -0.3 is 5.73 Å². The Kier molecular flexibility index (Phi) is 4.26. The third-order valence-corrected chi connectivity index (χ3v) is 5.10. The summed E-state index contributed by atoms with van der Waals surface area (Å²) in [6.45, 7) is 3.84. The molecule has 1 fully saturated rings. The summed E-state index contributed by atoms with van der Waals surface area (Å²) in [6.07, 6.45) is -3.53. The molecule has 1 aromatic carbocycles. The average Bonchev–Trinajstić information content (AvgIpc) is 3.27. The molecule has 0 radical (unpaired) electrons. The number of alkyl halides is 3. The van der Waals surface area contributed by atoms with Crippen LogP contribution in [0.25, 0.3) is 11.2 Å². The van der Waals surface area contributed by atoms with E-state index in [1.165, 1.54) is 12.1 Å². The monoisotopic (exact) mass is 377 g/mol. The standard InChI is InChI=1S/C18H18F3N5O/c1-10-14(15(22)16-17(23-10)25-27-24-16)9-26-6-5-12(8-26)11-3-2-4-13(7-11)18(19,20)21/h2-4,7,12H,5-6,8-9,22H2,1H3. The molecule has 9 heteroatoms. The first-order chi connectivity index (χ1) is 12.8. The molecule has 4 rings (SSSR count). The highest BCUT2D eigenvalue weighted by molar-refractivity contribution is 5.85. The van der Waals surface area contributed by atoms with Crippen LogP contribution in [0.15, 0.2) is 28.9 Å². The molecule has 3 aromatic rings. The number of halogens is 3. The second kappa shape index (κ2) is 6.49. The van der Waals surface area contributed by atoms with Gasteiger partial charge in [-0.05, 0) is 47.8 Å². The number of hydrogen-bond acceptors (Lipinski definition) is 6. The van der Waals surface area contributed by atoms with E-state index in [4.69, 9.17) is 10.4 Å². The maximum absolute atomic E-state index is 13.0. The number of aryl methyl sites for hydroxylation is 1. The van der Waals surface area contributed by atoms with Crippen molar-refractivity contribution in [3.63, 3.8) is 0 Å². The molecule has 0 amide bonds. The molecule has 1 aliphatic rings. The summed E-state index contributed by atoms with van der Waals surface area (Å²) in [6, 6.07) is 5.59. The lowest BCUT2D eigenvalue weighted by Crippen LogP contribution is -2.21. The zero-order chi connectivity index (χ0) is 19.2. The van der Waals surface area contributed by atoms with Gasteiger partial charge in [0.1, 0.15) is 0 Å². The van der Waals surface area contributed by atoms with E-state index in [0.29, 0.717) is 35.5 Å². The molecule has 142 valence electrons. The van der Waals surface area contributed by atoms with Crippen molar-refractivity contribution in [2.75, 3.05) is 18.8 Å². The molecule has 1 unspecified atom stereocenters. The molecule has 1 aliphatic heterocycles. The number of benzene rings is 1. The fourth-order valence-electron chi connectivity index (χ4n) is 3.63. The highest BCUT2D eigenvalue weighted by atomic mass is 19.4. The van der Waals surface area contributed by atoms with E-state index in [9.17, 15) is 13.2 Å². The van der Waals surface area contributed by atoms with E-state index in [0.717, 1.165) is 30.3 Å². The Labute approximate surface area is 153 Å². The number of nitrogens with two attached hydrogens (primary N) is 1. The summed E-state index contributed by atoms with van der Waals surface area (Å²) < 4.78 is 43.6. The van der Waals surface area contributed by atoms with Crippen molar-refractivity contribution >= 4 is 16.9 Å². The Bertz CT molecular complexity index is 985. The smallest absolute Gasteiger partial charge is 0.396 e. The Balaban J connectivity index is 1.53. The molecule has 27 heavy (non-hydrogen) atoms. The van der Waals surface area contributed by atoms with Crippen LogP contribution in [0.3, 0.4) is 0 Å². The zero-order valence-corrected chi connectivity index (χ0v) is 14.6. The van der Waals surface area contributed by atoms with Gasteiger partial charge >= 0.3 is 6.18 Å². The second-order valence-corrected chi connectivity index (χ2v) is 6.87. The van der Waals surface area contributed by atoms with Crippen LogP contribution in [-0.4, -0.2) is 33.3 Å². The van der Waals surface area contributed by atoms with Crippen LogP contribution in [0.2, 0.25) is 0 Å². The molecular weight excluding hydrogens is 359 g/mol. The lowest BCUT2D eigenvalue weighted by molar-refractivity contribution is -0.137. The predicted molar refractivity (Wildman–Crippen MR) is 92.8 cm³/mol. The van der Waals surface area contributed by atoms with Crippen LogP contribution in [0.4, 0.5) is 18.9 Å². The van der Waals surface area contributed by atoms with Gasteiger partial charge in [0.25, 0.3) is 0 Å². The zero-order valence-electron chi connectivity index (χ0n) is 14.6. The highest BCUT2D eigenvalue weighted by Gasteiger charge is 2.32. The SMILES string of the molecule is Cc1nc2nonc2c(N)c1CN1CCC(c2cccc(C(F)(F)F)c2)C1. The number of rotatable bonds is 3. The summed E-state index contributed by atoms with van der Waals surface area (Å²) in [5.41, 5.74) is 9.20. The van der Waals surface area contributed by atoms with Gasteiger partial charge in [-0.1, -0.05) is 18.2 Å². The summed E-state index contributed by atoms with van der Waals surface area (Å²) in [7, 11) is 0. The van der Waals surface area contributed by atoms with E-state index in [2.05, 4.69) is 20.2 Å². The molecule has 6 nitrogen and oxygen atoms in total. The van der Waals surface area contributed by atoms with Crippen LogP contribution < -0.4 is 5.73 Å². The van der Waals surface area contributed by atoms with Gasteiger partial charge in [-0.2, -0.15) is 13.2 Å². The predicted octanol–water partition coefficient (Wildman–Crippen LogP) is 3.52. The van der Waals surface area contributed by atoms with Crippen molar-refractivity contribution in [1.29, 1.82) is 0 Å². The molecule has 0 aliphatic carbocycles. The van der Waals surface area contributed by atoms with Crippen LogP contribution in [-0.2, 0) is 12.7 Å². The van der Waals surface area contributed by atoms with E-state index in [1.807, 2.05) is 6.92 Å². The van der Waals surface area contributed by atoms with Crippen molar-refractivity contribution < 1.29 is 17.8 Å². The fourth-order valence-corrected chi connectivity index (χ4v) is 3.63. The molecule has 0 bridgehead atoms. The Morgan fingerprint density at radius 3 is 2.89 bits per heavy atom. The van der Waals surface area contributed by atoms with E-state index < -0.39 is 11.7 Å². The third kappa shape index (κ3) is 3.34. The second-order valence-electron chi connectivity index (χ2n) is 6.87. The average molecular weight is 377 g/mol. The molecule has 2 aromatic heterocycles. The minimum atomic E-state index is -4.33. The summed E-state index contributed by atoms with van der Waals surface area (Å²) in [5, 5.41) is 7.50. The molecule has 3 heterocycles. The van der Waals surface area contributed by atoms with Crippen molar-refractivity contribution in [2.24, 2.45) is 0 Å². The van der Waals surface area contributed by atoms with Crippen molar-refractivity contribution in [1.82, 2.24) is 20.2 Å². The van der Waals surface area contributed by atoms with Crippen LogP contribution in [0.5, 0.6) is 0 Å². The molecule has 0 spiro atoms. The Morgan fingerprint density at radius 1 is 1.30 bits per heavy atom. The lowest BCUT2D eigenvalue weighted by Gasteiger charge is -2.19. The van der Waals surface area contributed by atoms with Gasteiger partial charge in [0.2, 0.25) is 5.65 Å². The van der Waals surface area contributed by atoms with Gasteiger partial charge in [-0.3, -0.25) is 4.90 Å². The maximum Gasteiger partial charge on any atom is 0.416 e. The minimum Gasteiger partial charge on any atom is -0.396 e. The molecule has 1 saturated heterocycles. The van der Waals surface area contributed by atoms with Crippen LogP contribution >= 0.6 is 0 Å². The minimum absolute atomic E-state index is 0.0548. The van der Waals surface area contributed by atoms with Crippen molar-refractivity contribution in [2.45, 2.75) is 32.0 Å². The summed E-state index contributed by atoms with van der Waals surface area (Å²) >= 11 is 0. The van der Waals surface area contributed by atoms with Crippen molar-refractivity contribution in [3.8, 4) is 0 Å². The molecule has 2 N–H and O–H groups in total. The molecule has 1 atom stereocenters. The van der Waals surface area contributed by atoms with E-state index in [-0.39, 0.29) is 5.92 Å². The first-order valence-electron chi connectivity index (χ1n) is 8.59. The Hall–Kier alpha value is -2.68. The number of pyridine rings is 1. The third-order valence-electron chi connectivity index (χ3n) is 5.10. The van der Waals surface area contributed by atoms with Crippen molar-refractivity contribution in [3.05, 3.63) is 46.6 Å². The number of fused-ring (bicyclic) bond motifs is 1. The highest BCUT2D eigenvalue weighted by Crippen LogP contribution is 2.34. The first kappa shape index (κ1) is 17.7. The largest absolute Gasteiger partial charge is 0.416 e. The van der Waals surface area contributed by atoms with Gasteiger partial charge in [0.15, 0.2) is 5.52 Å². The van der Waals surface area contributed by atoms with E-state index in [1.54, 1.807) is 6.07 Å². The number of aromatic nitrogens is 3. The Morgan fingerprint density at radius 2 is 2.11 bits per heavy atom. The first-order valence-corrected chi connectivity index (χ1v) is 8.59. The van der Waals surface area contributed by atoms with E-state index >= 15 is 0 Å². The maximum atomic E-state index is 13.0. The number of nitrogen functional groups attached to an aromatic ring is 1. The van der Waals surface area contributed by atoms with Gasteiger partial charge in [-0.25, -0.2) is 9.61 Å². The molecular formula is C18H18F3N5O. The van der Waals surface area contributed by atoms with Crippen LogP contribution in [0.1, 0.15) is 34.7 Å². The van der Waals surface area contributed by atoms with Crippen LogP contribution in [0, 0.1) is 6.92 Å². The summed E-state index contributed by atoms with van der Waals surface area (Å²) in [5.74, 6) is 0.0548. The van der Waals surface area contributed by atoms with Gasteiger partial charge in [-0.15, -0.1) is 0 Å². The fraction of sp³-hybridized carbons (Fsp3) is 0.389. The van der Waals surface area contributed by atoms with Gasteiger partial charge in [0.05, 0.1) is 11.3 Å². The normalized spacial score (nSPS) is 18.4. The lowest BCUT2D eigenvalue weighted by atomic mass is 9.96. The number of likely N-dealkylation sites (tertiary alicyclic amines) is 1. The molecule has 0 saturated carbocycles. The topological polar surface area (TPSA) is 81.1 Å². The quantitative estimate of drug-likeness (QED) is 0.752.